The van der Waals surface area contributed by atoms with Gasteiger partial charge in [0.25, 0.3) is 0 Å². The lowest BCUT2D eigenvalue weighted by Gasteiger charge is -2.30. The number of rotatable bonds is 10. The van der Waals surface area contributed by atoms with Crippen LogP contribution in [0.5, 0.6) is 0 Å². The topological polar surface area (TPSA) is 18.5 Å². The average molecular weight is 283 g/mol. The Morgan fingerprint density at radius 3 is 2.68 bits per heavy atom. The molecular weight excluding hydrogens is 254 g/mol. The van der Waals surface area contributed by atoms with Crippen LogP contribution in [0.25, 0.3) is 0 Å². The third-order valence-corrected chi connectivity index (χ3v) is 4.30. The van der Waals surface area contributed by atoms with Crippen LogP contribution in [0.2, 0.25) is 0 Å². The first-order valence-electron chi connectivity index (χ1n) is 7.25. The number of likely N-dealkylation sites (N-methyl/N-ethyl adjacent to an activating group) is 2. The minimum Gasteiger partial charge on any atom is -0.315 e. The van der Waals surface area contributed by atoms with Gasteiger partial charge in [-0.25, -0.2) is 0 Å². The molecule has 3 nitrogen and oxygen atoms in total. The van der Waals surface area contributed by atoms with E-state index in [1.165, 1.54) is 4.88 Å². The van der Waals surface area contributed by atoms with E-state index in [9.17, 15) is 0 Å². The van der Waals surface area contributed by atoms with Gasteiger partial charge in [0.1, 0.15) is 0 Å². The summed E-state index contributed by atoms with van der Waals surface area (Å²) in [5.74, 6) is 0. The smallest absolute Gasteiger partial charge is 0.0195 e. The van der Waals surface area contributed by atoms with Crippen molar-refractivity contribution in [3.8, 4) is 0 Å². The Bertz CT molecular complexity index is 311. The second-order valence-corrected chi connectivity index (χ2v) is 6.35. The van der Waals surface area contributed by atoms with Gasteiger partial charge in [-0.15, -0.1) is 11.3 Å². The monoisotopic (exact) mass is 283 g/mol. The molecule has 1 rings (SSSR count). The molecule has 0 bridgehead atoms. The van der Waals surface area contributed by atoms with Crippen molar-refractivity contribution in [2.24, 2.45) is 0 Å². The summed E-state index contributed by atoms with van der Waals surface area (Å²) in [5, 5.41) is 5.70. The molecule has 0 aliphatic rings. The van der Waals surface area contributed by atoms with Crippen LogP contribution in [0.3, 0.4) is 0 Å². The Kier molecular flexibility index (Phi) is 8.30. The summed E-state index contributed by atoms with van der Waals surface area (Å²) in [4.78, 5) is 6.27. The van der Waals surface area contributed by atoms with E-state index in [2.05, 4.69) is 60.6 Å². The van der Waals surface area contributed by atoms with Crippen LogP contribution in [-0.4, -0.2) is 62.7 Å². The summed E-state index contributed by atoms with van der Waals surface area (Å²) in [5.41, 5.74) is 0. The molecule has 0 saturated heterocycles. The van der Waals surface area contributed by atoms with E-state index in [4.69, 9.17) is 0 Å². The number of nitrogens with zero attached hydrogens (tertiary/aromatic N) is 2. The highest BCUT2D eigenvalue weighted by Crippen LogP contribution is 2.08. The highest BCUT2D eigenvalue weighted by atomic mass is 32.1. The molecular formula is C15H29N3S. The minimum atomic E-state index is 0.624. The maximum atomic E-state index is 3.55. The van der Waals surface area contributed by atoms with Crippen molar-refractivity contribution >= 4 is 11.3 Å². The van der Waals surface area contributed by atoms with Crippen LogP contribution in [0.4, 0.5) is 0 Å². The molecule has 1 aromatic heterocycles. The van der Waals surface area contributed by atoms with E-state index in [0.29, 0.717) is 6.04 Å². The predicted octanol–water partition coefficient (Wildman–Crippen LogP) is 2.15. The van der Waals surface area contributed by atoms with Gasteiger partial charge in [0.15, 0.2) is 0 Å². The third kappa shape index (κ3) is 7.06. The largest absolute Gasteiger partial charge is 0.315 e. The van der Waals surface area contributed by atoms with Gasteiger partial charge in [-0.3, -0.25) is 4.90 Å². The van der Waals surface area contributed by atoms with Crippen LogP contribution in [0, 0.1) is 0 Å². The van der Waals surface area contributed by atoms with Crippen molar-refractivity contribution in [2.45, 2.75) is 26.3 Å². The van der Waals surface area contributed by atoms with Gasteiger partial charge in [-0.05, 0) is 45.4 Å². The van der Waals surface area contributed by atoms with Crippen molar-refractivity contribution in [3.05, 3.63) is 22.4 Å². The van der Waals surface area contributed by atoms with E-state index in [1.807, 2.05) is 11.3 Å². The zero-order chi connectivity index (χ0) is 14.1. The maximum Gasteiger partial charge on any atom is 0.0195 e. The Morgan fingerprint density at radius 2 is 2.11 bits per heavy atom. The number of nitrogens with one attached hydrogen (secondary N) is 1. The van der Waals surface area contributed by atoms with Gasteiger partial charge in [0.05, 0.1) is 0 Å². The molecule has 110 valence electrons. The highest BCUT2D eigenvalue weighted by Gasteiger charge is 2.11. The number of hydrogen-bond acceptors (Lipinski definition) is 4. The first-order chi connectivity index (χ1) is 9.13. The Morgan fingerprint density at radius 1 is 1.32 bits per heavy atom. The van der Waals surface area contributed by atoms with Gasteiger partial charge >= 0.3 is 0 Å². The van der Waals surface area contributed by atoms with Crippen LogP contribution >= 0.6 is 11.3 Å². The quantitative estimate of drug-likeness (QED) is 0.664. The van der Waals surface area contributed by atoms with Crippen molar-refractivity contribution in [3.63, 3.8) is 0 Å². The molecule has 1 heterocycles. The van der Waals surface area contributed by atoms with Crippen LogP contribution in [0.15, 0.2) is 17.5 Å². The standard InChI is InChI=1S/C15H29N3S/c1-5-18(14(2)13-17(3)4)11-10-16-9-8-15-7-6-12-19-15/h6-7,12,14,16H,5,8-11,13H2,1-4H3. The summed E-state index contributed by atoms with van der Waals surface area (Å²) in [6.45, 7) is 10.1. The van der Waals surface area contributed by atoms with Crippen molar-refractivity contribution in [1.82, 2.24) is 15.1 Å². The molecule has 1 atom stereocenters. The maximum absolute atomic E-state index is 3.55. The normalized spacial score (nSPS) is 13.4. The van der Waals surface area contributed by atoms with Gasteiger partial charge in [-0.2, -0.15) is 0 Å². The van der Waals surface area contributed by atoms with Gasteiger partial charge in [-0.1, -0.05) is 13.0 Å². The summed E-state index contributed by atoms with van der Waals surface area (Å²) in [6, 6.07) is 4.96. The molecule has 0 saturated carbocycles. The molecule has 4 heteroatoms. The summed E-state index contributed by atoms with van der Waals surface area (Å²) in [6.07, 6.45) is 1.15. The third-order valence-electron chi connectivity index (χ3n) is 3.36. The van der Waals surface area contributed by atoms with E-state index >= 15 is 0 Å². The van der Waals surface area contributed by atoms with E-state index in [-0.39, 0.29) is 0 Å². The Hall–Kier alpha value is -0.420. The lowest BCUT2D eigenvalue weighted by atomic mass is 10.2. The average Bonchev–Trinajstić information content (AvgIpc) is 2.85. The number of hydrogen-bond donors (Lipinski definition) is 1. The Labute approximate surface area is 122 Å². The lowest BCUT2D eigenvalue weighted by Crippen LogP contribution is -2.43. The fourth-order valence-corrected chi connectivity index (χ4v) is 3.06. The zero-order valence-electron chi connectivity index (χ0n) is 12.9. The van der Waals surface area contributed by atoms with Crippen LogP contribution < -0.4 is 5.32 Å². The van der Waals surface area contributed by atoms with E-state index < -0.39 is 0 Å². The molecule has 0 aliphatic carbocycles. The highest BCUT2D eigenvalue weighted by molar-refractivity contribution is 7.09. The summed E-state index contributed by atoms with van der Waals surface area (Å²) in [7, 11) is 4.28. The van der Waals surface area contributed by atoms with Crippen LogP contribution in [0.1, 0.15) is 18.7 Å². The van der Waals surface area contributed by atoms with Gasteiger partial charge in [0.2, 0.25) is 0 Å². The second-order valence-electron chi connectivity index (χ2n) is 5.32. The van der Waals surface area contributed by atoms with Crippen molar-refractivity contribution in [1.29, 1.82) is 0 Å². The molecule has 1 N–H and O–H groups in total. The molecule has 0 fully saturated rings. The molecule has 0 radical (unpaired) electrons. The Balaban J connectivity index is 2.11. The van der Waals surface area contributed by atoms with Gasteiger partial charge < -0.3 is 10.2 Å². The van der Waals surface area contributed by atoms with E-state index in [0.717, 1.165) is 39.1 Å². The predicted molar refractivity (Wildman–Crippen MR) is 86.2 cm³/mol. The zero-order valence-corrected chi connectivity index (χ0v) is 13.7. The molecule has 0 amide bonds. The van der Waals surface area contributed by atoms with Crippen molar-refractivity contribution < 1.29 is 0 Å². The second kappa shape index (κ2) is 9.48. The minimum absolute atomic E-state index is 0.624. The fourth-order valence-electron chi connectivity index (χ4n) is 2.35. The summed E-state index contributed by atoms with van der Waals surface area (Å²) >= 11 is 1.85. The van der Waals surface area contributed by atoms with E-state index in [1.54, 1.807) is 0 Å². The molecule has 0 spiro atoms. The first kappa shape index (κ1) is 16.6. The SMILES string of the molecule is CCN(CCNCCc1cccs1)C(C)CN(C)C. The molecule has 0 aromatic carbocycles. The first-order valence-corrected chi connectivity index (χ1v) is 8.13. The van der Waals surface area contributed by atoms with Crippen molar-refractivity contribution in [2.75, 3.05) is 46.8 Å². The molecule has 1 unspecified atom stereocenters. The fraction of sp³-hybridized carbons (Fsp3) is 0.733. The van der Waals surface area contributed by atoms with Crippen LogP contribution in [-0.2, 0) is 6.42 Å². The number of thiophene rings is 1. The molecule has 0 aliphatic heterocycles. The van der Waals surface area contributed by atoms with Gasteiger partial charge in [0, 0.05) is 37.1 Å². The molecule has 1 aromatic rings. The lowest BCUT2D eigenvalue weighted by molar-refractivity contribution is 0.182. The summed E-state index contributed by atoms with van der Waals surface area (Å²) < 4.78 is 0. The molecule has 19 heavy (non-hydrogen) atoms.